The lowest BCUT2D eigenvalue weighted by molar-refractivity contribution is -0.115. The molecule has 2 N–H and O–H groups in total. The Bertz CT molecular complexity index is 838. The number of hydrogen-bond donors (Lipinski definition) is 2. The summed E-state index contributed by atoms with van der Waals surface area (Å²) in [4.78, 5) is 28.0. The van der Waals surface area contributed by atoms with Crippen molar-refractivity contribution in [2.75, 3.05) is 11.9 Å². The largest absolute Gasteiger partial charge is 0.459 e. The van der Waals surface area contributed by atoms with Crippen molar-refractivity contribution in [3.05, 3.63) is 58.8 Å². The highest BCUT2D eigenvalue weighted by Gasteiger charge is 2.10. The van der Waals surface area contributed by atoms with Gasteiger partial charge in [-0.05, 0) is 31.2 Å². The van der Waals surface area contributed by atoms with Crippen LogP contribution in [-0.2, 0) is 4.79 Å². The van der Waals surface area contributed by atoms with Crippen molar-refractivity contribution >= 4 is 28.8 Å². The molecule has 0 fully saturated rings. The van der Waals surface area contributed by atoms with Gasteiger partial charge in [0.25, 0.3) is 5.91 Å². The van der Waals surface area contributed by atoms with E-state index in [2.05, 4.69) is 15.6 Å². The van der Waals surface area contributed by atoms with Gasteiger partial charge in [-0.25, -0.2) is 4.98 Å². The van der Waals surface area contributed by atoms with Crippen LogP contribution in [0.2, 0.25) is 0 Å². The molecular weight excluding hydrogens is 326 g/mol. The summed E-state index contributed by atoms with van der Waals surface area (Å²) < 4.78 is 4.95. The first-order valence-corrected chi connectivity index (χ1v) is 8.14. The van der Waals surface area contributed by atoms with E-state index in [0.717, 1.165) is 16.3 Å². The summed E-state index contributed by atoms with van der Waals surface area (Å²) in [5.74, 6) is -0.567. The minimum Gasteiger partial charge on any atom is -0.459 e. The molecule has 0 aliphatic heterocycles. The van der Waals surface area contributed by atoms with Gasteiger partial charge < -0.3 is 15.1 Å². The van der Waals surface area contributed by atoms with Gasteiger partial charge in [-0.2, -0.15) is 0 Å². The Morgan fingerprint density at radius 2 is 2.00 bits per heavy atom. The van der Waals surface area contributed by atoms with Crippen LogP contribution >= 0.6 is 11.3 Å². The Hall–Kier alpha value is -2.93. The average molecular weight is 341 g/mol. The number of aryl methyl sites for hydroxylation is 1. The summed E-state index contributed by atoms with van der Waals surface area (Å²) in [5.41, 5.74) is 2.56. The first kappa shape index (κ1) is 15.9. The van der Waals surface area contributed by atoms with Crippen LogP contribution in [-0.4, -0.2) is 23.3 Å². The number of rotatable bonds is 5. The predicted octanol–water partition coefficient (Wildman–Crippen LogP) is 3.08. The van der Waals surface area contributed by atoms with Gasteiger partial charge in [-0.15, -0.1) is 11.3 Å². The van der Waals surface area contributed by atoms with E-state index in [1.807, 2.05) is 24.4 Å². The van der Waals surface area contributed by atoms with Crippen LogP contribution < -0.4 is 10.6 Å². The van der Waals surface area contributed by atoms with Gasteiger partial charge in [-0.1, -0.05) is 12.1 Å². The molecule has 6 nitrogen and oxygen atoms in total. The van der Waals surface area contributed by atoms with Gasteiger partial charge in [0.1, 0.15) is 0 Å². The van der Waals surface area contributed by atoms with Crippen LogP contribution in [0.15, 0.2) is 52.5 Å². The lowest BCUT2D eigenvalue weighted by Gasteiger charge is -2.06. The van der Waals surface area contributed by atoms with E-state index in [-0.39, 0.29) is 18.2 Å². The molecule has 24 heavy (non-hydrogen) atoms. The summed E-state index contributed by atoms with van der Waals surface area (Å²) in [6.45, 7) is 1.83. The van der Waals surface area contributed by atoms with E-state index in [4.69, 9.17) is 4.42 Å². The van der Waals surface area contributed by atoms with Gasteiger partial charge in [0.2, 0.25) is 5.91 Å². The molecule has 0 aliphatic carbocycles. The molecule has 0 bridgehead atoms. The first-order chi connectivity index (χ1) is 11.6. The molecule has 1 aromatic carbocycles. The van der Waals surface area contributed by atoms with Crippen LogP contribution in [0.5, 0.6) is 0 Å². The Morgan fingerprint density at radius 3 is 2.62 bits per heavy atom. The summed E-state index contributed by atoms with van der Waals surface area (Å²) in [6.07, 6.45) is 1.40. The monoisotopic (exact) mass is 341 g/mol. The van der Waals surface area contributed by atoms with Gasteiger partial charge in [0, 0.05) is 16.6 Å². The fourth-order valence-corrected chi connectivity index (χ4v) is 2.70. The second-order valence-electron chi connectivity index (χ2n) is 5.04. The van der Waals surface area contributed by atoms with Gasteiger partial charge in [-0.3, -0.25) is 9.59 Å². The van der Waals surface area contributed by atoms with Crippen LogP contribution in [0.25, 0.3) is 11.3 Å². The number of carbonyl (C=O) groups excluding carboxylic acids is 2. The molecule has 0 saturated heterocycles. The number of carbonyl (C=O) groups is 2. The Morgan fingerprint density at radius 1 is 1.21 bits per heavy atom. The summed E-state index contributed by atoms with van der Waals surface area (Å²) >= 11 is 1.59. The van der Waals surface area contributed by atoms with Crippen LogP contribution in [0, 0.1) is 6.92 Å². The van der Waals surface area contributed by atoms with Crippen molar-refractivity contribution in [2.45, 2.75) is 6.92 Å². The number of nitrogens with one attached hydrogen (secondary N) is 2. The van der Waals surface area contributed by atoms with E-state index >= 15 is 0 Å². The number of aromatic nitrogens is 1. The standard InChI is InChI=1S/C17H15N3O3S/c1-11-19-14(10-24-11)12-4-6-13(7-5-12)20-16(21)9-18-17(22)15-3-2-8-23-15/h2-8,10H,9H2,1H3,(H,18,22)(H,20,21). The summed E-state index contributed by atoms with van der Waals surface area (Å²) in [7, 11) is 0. The molecule has 122 valence electrons. The van der Waals surface area contributed by atoms with E-state index in [9.17, 15) is 9.59 Å². The van der Waals surface area contributed by atoms with E-state index < -0.39 is 5.91 Å². The lowest BCUT2D eigenvalue weighted by atomic mass is 10.1. The normalized spacial score (nSPS) is 10.4. The van der Waals surface area contributed by atoms with E-state index in [1.165, 1.54) is 12.3 Å². The van der Waals surface area contributed by atoms with Crippen molar-refractivity contribution in [3.8, 4) is 11.3 Å². The van der Waals surface area contributed by atoms with E-state index in [1.54, 1.807) is 29.5 Å². The number of nitrogens with zero attached hydrogens (tertiary/aromatic N) is 1. The third-order valence-electron chi connectivity index (χ3n) is 3.24. The number of amides is 2. The third-order valence-corrected chi connectivity index (χ3v) is 4.01. The van der Waals surface area contributed by atoms with Gasteiger partial charge >= 0.3 is 0 Å². The van der Waals surface area contributed by atoms with Crippen molar-refractivity contribution in [3.63, 3.8) is 0 Å². The fourth-order valence-electron chi connectivity index (χ4n) is 2.08. The van der Waals surface area contributed by atoms with Crippen LogP contribution in [0.3, 0.4) is 0 Å². The molecule has 0 saturated carbocycles. The van der Waals surface area contributed by atoms with Gasteiger partial charge in [0.15, 0.2) is 5.76 Å². The summed E-state index contributed by atoms with van der Waals surface area (Å²) in [6, 6.07) is 10.5. The topological polar surface area (TPSA) is 84.2 Å². The second-order valence-corrected chi connectivity index (χ2v) is 6.10. The highest BCUT2D eigenvalue weighted by atomic mass is 32.1. The molecular formula is C17H15N3O3S. The highest BCUT2D eigenvalue weighted by molar-refractivity contribution is 7.09. The molecule has 2 aromatic heterocycles. The maximum absolute atomic E-state index is 11.9. The molecule has 0 radical (unpaired) electrons. The zero-order valence-corrected chi connectivity index (χ0v) is 13.7. The van der Waals surface area contributed by atoms with Crippen molar-refractivity contribution in [1.82, 2.24) is 10.3 Å². The zero-order valence-electron chi connectivity index (χ0n) is 12.9. The smallest absolute Gasteiger partial charge is 0.287 e. The number of furan rings is 1. The maximum atomic E-state index is 11.9. The van der Waals surface area contributed by atoms with Crippen LogP contribution in [0.1, 0.15) is 15.6 Å². The highest BCUT2D eigenvalue weighted by Crippen LogP contribution is 2.22. The quantitative estimate of drug-likeness (QED) is 0.747. The molecule has 2 amide bonds. The number of thiazole rings is 1. The maximum Gasteiger partial charge on any atom is 0.287 e. The SMILES string of the molecule is Cc1nc(-c2ccc(NC(=O)CNC(=O)c3ccco3)cc2)cs1. The molecule has 0 atom stereocenters. The molecule has 0 aliphatic rings. The van der Waals surface area contributed by atoms with Gasteiger partial charge in [0.05, 0.1) is 23.5 Å². The Kier molecular flexibility index (Phi) is 4.72. The van der Waals surface area contributed by atoms with Crippen molar-refractivity contribution < 1.29 is 14.0 Å². The van der Waals surface area contributed by atoms with Crippen molar-refractivity contribution in [2.24, 2.45) is 0 Å². The molecule has 3 aromatic rings. The van der Waals surface area contributed by atoms with Crippen LogP contribution in [0.4, 0.5) is 5.69 Å². The number of benzene rings is 1. The molecule has 7 heteroatoms. The fraction of sp³-hybridized carbons (Fsp3) is 0.118. The lowest BCUT2D eigenvalue weighted by Crippen LogP contribution is -2.32. The molecule has 2 heterocycles. The average Bonchev–Trinajstić information content (AvgIpc) is 3.25. The number of anilines is 1. The molecule has 3 rings (SSSR count). The Labute approximate surface area is 142 Å². The predicted molar refractivity (Wildman–Crippen MR) is 92.0 cm³/mol. The zero-order chi connectivity index (χ0) is 16.9. The van der Waals surface area contributed by atoms with E-state index in [0.29, 0.717) is 5.69 Å². The summed E-state index contributed by atoms with van der Waals surface area (Å²) in [5, 5.41) is 8.22. The first-order valence-electron chi connectivity index (χ1n) is 7.26. The van der Waals surface area contributed by atoms with Crippen molar-refractivity contribution in [1.29, 1.82) is 0 Å². The Balaban J connectivity index is 1.54. The minimum absolute atomic E-state index is 0.132. The second kappa shape index (κ2) is 7.10. The minimum atomic E-state index is -0.426. The number of hydrogen-bond acceptors (Lipinski definition) is 5. The third kappa shape index (κ3) is 3.88. The molecule has 0 unspecified atom stereocenters. The molecule has 0 spiro atoms.